The van der Waals surface area contributed by atoms with Gasteiger partial charge in [-0.3, -0.25) is 9.69 Å². The number of carbonyl (C=O) groups excluding carboxylic acids is 1. The van der Waals surface area contributed by atoms with Crippen molar-refractivity contribution >= 4 is 17.3 Å². The highest BCUT2D eigenvalue weighted by molar-refractivity contribution is 6.00. The summed E-state index contributed by atoms with van der Waals surface area (Å²) in [6, 6.07) is 14.8. The van der Waals surface area contributed by atoms with E-state index in [0.29, 0.717) is 0 Å². The zero-order valence-corrected chi connectivity index (χ0v) is 22.0. The van der Waals surface area contributed by atoms with Gasteiger partial charge in [-0.1, -0.05) is 25.0 Å². The summed E-state index contributed by atoms with van der Waals surface area (Å²) in [5.41, 5.74) is 2.00. The van der Waals surface area contributed by atoms with Gasteiger partial charge in [-0.15, -0.1) is 0 Å². The fourth-order valence-corrected chi connectivity index (χ4v) is 5.84. The van der Waals surface area contributed by atoms with Gasteiger partial charge in [0.15, 0.2) is 6.10 Å². The van der Waals surface area contributed by atoms with E-state index in [4.69, 9.17) is 4.74 Å². The summed E-state index contributed by atoms with van der Waals surface area (Å²) in [6.45, 7) is 8.91. The zero-order chi connectivity index (χ0) is 25.5. The average Bonchev–Trinajstić information content (AvgIpc) is 3.21. The number of nitrogens with zero attached hydrogens (tertiary/aromatic N) is 4. The summed E-state index contributed by atoms with van der Waals surface area (Å²) in [7, 11) is 0. The predicted octanol–water partition coefficient (Wildman–Crippen LogP) is 4.79. The summed E-state index contributed by atoms with van der Waals surface area (Å²) in [5, 5.41) is 0. The van der Waals surface area contributed by atoms with Crippen LogP contribution in [0.4, 0.5) is 15.8 Å². The third-order valence-corrected chi connectivity index (χ3v) is 8.04. The number of para-hydroxylation sites is 2. The van der Waals surface area contributed by atoms with Crippen molar-refractivity contribution in [3.63, 3.8) is 0 Å². The van der Waals surface area contributed by atoms with E-state index in [-0.39, 0.29) is 11.7 Å². The van der Waals surface area contributed by atoms with E-state index in [1.807, 2.05) is 41.3 Å². The van der Waals surface area contributed by atoms with E-state index in [0.717, 1.165) is 95.3 Å². The molecule has 37 heavy (non-hydrogen) atoms. The second-order valence-electron chi connectivity index (χ2n) is 10.6. The van der Waals surface area contributed by atoms with Crippen molar-refractivity contribution in [1.29, 1.82) is 0 Å². The number of rotatable bonds is 9. The summed E-state index contributed by atoms with van der Waals surface area (Å²) in [5.74, 6) is 0.758. The SMILES string of the molecule is O=C1C(CCN2CCCCCC2)Oc2ccccc2N1CCCCN1CCN(c2ccc(F)cc2)CC1. The lowest BCUT2D eigenvalue weighted by atomic mass is 10.1. The van der Waals surface area contributed by atoms with Crippen LogP contribution >= 0.6 is 0 Å². The molecule has 200 valence electrons. The Morgan fingerprint density at radius 2 is 1.43 bits per heavy atom. The summed E-state index contributed by atoms with van der Waals surface area (Å²) < 4.78 is 19.4. The molecule has 7 heteroatoms. The average molecular weight is 509 g/mol. The molecule has 2 aromatic rings. The van der Waals surface area contributed by atoms with Crippen LogP contribution in [-0.4, -0.2) is 80.7 Å². The number of piperazine rings is 1. The molecular formula is C30H41FN4O2. The Morgan fingerprint density at radius 3 is 2.19 bits per heavy atom. The van der Waals surface area contributed by atoms with Crippen LogP contribution < -0.4 is 14.5 Å². The second-order valence-corrected chi connectivity index (χ2v) is 10.6. The Bertz CT molecular complexity index is 1000. The molecule has 6 nitrogen and oxygen atoms in total. The van der Waals surface area contributed by atoms with Gasteiger partial charge >= 0.3 is 0 Å². The van der Waals surface area contributed by atoms with Crippen molar-refractivity contribution in [1.82, 2.24) is 9.80 Å². The third-order valence-electron chi connectivity index (χ3n) is 8.04. The van der Waals surface area contributed by atoms with Gasteiger partial charge in [0.1, 0.15) is 11.6 Å². The van der Waals surface area contributed by atoms with E-state index in [9.17, 15) is 9.18 Å². The minimum Gasteiger partial charge on any atom is -0.478 e. The largest absolute Gasteiger partial charge is 0.478 e. The number of ether oxygens (including phenoxy) is 1. The molecule has 1 unspecified atom stereocenters. The molecule has 0 bridgehead atoms. The van der Waals surface area contributed by atoms with Gasteiger partial charge in [0.2, 0.25) is 0 Å². The van der Waals surface area contributed by atoms with Gasteiger partial charge in [-0.05, 0) is 81.7 Å². The molecule has 0 spiro atoms. The molecular weight excluding hydrogens is 467 g/mol. The molecule has 2 aromatic carbocycles. The van der Waals surface area contributed by atoms with Crippen molar-refractivity contribution in [3.05, 3.63) is 54.3 Å². The molecule has 0 saturated carbocycles. The first-order valence-electron chi connectivity index (χ1n) is 14.2. The van der Waals surface area contributed by atoms with Gasteiger partial charge in [-0.2, -0.15) is 0 Å². The topological polar surface area (TPSA) is 39.3 Å². The molecule has 0 aromatic heterocycles. The normalized spacial score (nSPS) is 21.4. The lowest BCUT2D eigenvalue weighted by Gasteiger charge is -2.37. The van der Waals surface area contributed by atoms with E-state index in [2.05, 4.69) is 14.7 Å². The number of anilines is 2. The fourth-order valence-electron chi connectivity index (χ4n) is 5.84. The van der Waals surface area contributed by atoms with E-state index < -0.39 is 6.10 Å². The van der Waals surface area contributed by atoms with Gasteiger partial charge in [-0.25, -0.2) is 4.39 Å². The number of carbonyl (C=O) groups is 1. The lowest BCUT2D eigenvalue weighted by Crippen LogP contribution is -2.48. The van der Waals surface area contributed by atoms with E-state index in [1.54, 1.807) is 0 Å². The number of fused-ring (bicyclic) bond motifs is 1. The Kier molecular flexibility index (Phi) is 8.95. The quantitative estimate of drug-likeness (QED) is 0.456. The van der Waals surface area contributed by atoms with Crippen molar-refractivity contribution in [3.8, 4) is 5.75 Å². The highest BCUT2D eigenvalue weighted by Gasteiger charge is 2.34. The molecule has 0 aliphatic carbocycles. The molecule has 0 N–H and O–H groups in total. The summed E-state index contributed by atoms with van der Waals surface area (Å²) in [6.07, 6.45) is 7.55. The lowest BCUT2D eigenvalue weighted by molar-refractivity contribution is -0.126. The minimum absolute atomic E-state index is 0.112. The van der Waals surface area contributed by atoms with Crippen LogP contribution in [0.1, 0.15) is 44.9 Å². The first-order valence-corrected chi connectivity index (χ1v) is 14.2. The van der Waals surface area contributed by atoms with Gasteiger partial charge < -0.3 is 19.4 Å². The van der Waals surface area contributed by atoms with E-state index >= 15 is 0 Å². The Hall–Kier alpha value is -2.64. The van der Waals surface area contributed by atoms with E-state index in [1.165, 1.54) is 37.8 Å². The predicted molar refractivity (Wildman–Crippen MR) is 147 cm³/mol. The molecule has 5 rings (SSSR count). The number of benzene rings is 2. The zero-order valence-electron chi connectivity index (χ0n) is 22.0. The number of likely N-dealkylation sites (tertiary alicyclic amines) is 1. The second kappa shape index (κ2) is 12.7. The first kappa shape index (κ1) is 26.0. The third kappa shape index (κ3) is 6.82. The van der Waals surface area contributed by atoms with Crippen molar-refractivity contribution < 1.29 is 13.9 Å². The highest BCUT2D eigenvalue weighted by atomic mass is 19.1. The van der Waals surface area contributed by atoms with Crippen LogP contribution in [0.2, 0.25) is 0 Å². The van der Waals surface area contributed by atoms with Gasteiger partial charge in [0, 0.05) is 51.4 Å². The first-order chi connectivity index (χ1) is 18.2. The number of amides is 1. The highest BCUT2D eigenvalue weighted by Crippen LogP contribution is 2.34. The molecule has 3 aliphatic heterocycles. The minimum atomic E-state index is -0.391. The van der Waals surface area contributed by atoms with Crippen LogP contribution in [0.5, 0.6) is 5.75 Å². The summed E-state index contributed by atoms with van der Waals surface area (Å²) in [4.78, 5) is 22.8. The molecule has 3 heterocycles. The van der Waals surface area contributed by atoms with Crippen molar-refractivity contribution in [2.75, 3.05) is 68.7 Å². The van der Waals surface area contributed by atoms with Crippen LogP contribution in [0.3, 0.4) is 0 Å². The molecule has 1 atom stereocenters. The van der Waals surface area contributed by atoms with Crippen LogP contribution in [-0.2, 0) is 4.79 Å². The van der Waals surface area contributed by atoms with Crippen LogP contribution in [0, 0.1) is 5.82 Å². The Morgan fingerprint density at radius 1 is 0.757 bits per heavy atom. The Balaban J connectivity index is 1.09. The molecule has 0 radical (unpaired) electrons. The number of hydrogen-bond donors (Lipinski definition) is 0. The molecule has 3 aliphatic rings. The maximum atomic E-state index is 13.5. The Labute approximate surface area is 221 Å². The number of unbranched alkanes of at least 4 members (excludes halogenated alkanes) is 1. The maximum Gasteiger partial charge on any atom is 0.268 e. The van der Waals surface area contributed by atoms with Crippen LogP contribution in [0.15, 0.2) is 48.5 Å². The van der Waals surface area contributed by atoms with Gasteiger partial charge in [0.05, 0.1) is 5.69 Å². The molecule has 1 amide bonds. The maximum absolute atomic E-state index is 13.5. The smallest absolute Gasteiger partial charge is 0.268 e. The van der Waals surface area contributed by atoms with Crippen molar-refractivity contribution in [2.24, 2.45) is 0 Å². The van der Waals surface area contributed by atoms with Crippen molar-refractivity contribution in [2.45, 2.75) is 51.0 Å². The van der Waals surface area contributed by atoms with Crippen LogP contribution in [0.25, 0.3) is 0 Å². The summed E-state index contributed by atoms with van der Waals surface area (Å²) >= 11 is 0. The monoisotopic (exact) mass is 508 g/mol. The molecule has 2 fully saturated rings. The standard InChI is InChI=1S/C30H41FN4O2/c31-25-11-13-26(14-12-25)34-23-21-33(22-24-34)18-7-8-19-35-27-9-3-4-10-28(27)37-29(30(35)36)15-20-32-16-5-1-2-6-17-32/h3-4,9-14,29H,1-2,5-8,15-24H2. The number of hydrogen-bond acceptors (Lipinski definition) is 5. The van der Waals surface area contributed by atoms with Gasteiger partial charge in [0.25, 0.3) is 5.91 Å². The fraction of sp³-hybridized carbons (Fsp3) is 0.567. The molecule has 2 saturated heterocycles. The number of halogens is 1.